The number of hydrogen-bond donors (Lipinski definition) is 0. The molecule has 0 unspecified atom stereocenters. The van der Waals surface area contributed by atoms with Gasteiger partial charge in [-0.3, -0.25) is 4.68 Å². The molecule has 21 heavy (non-hydrogen) atoms. The van der Waals surface area contributed by atoms with Crippen LogP contribution in [-0.2, 0) is 6.54 Å². The van der Waals surface area contributed by atoms with Crippen molar-refractivity contribution in [3.63, 3.8) is 0 Å². The molecule has 0 saturated heterocycles. The number of halogens is 2. The van der Waals surface area contributed by atoms with E-state index in [-0.39, 0.29) is 0 Å². The Hall–Kier alpha value is -1.72. The van der Waals surface area contributed by atoms with Crippen molar-refractivity contribution >= 4 is 27.5 Å². The number of rotatable bonds is 3. The fourth-order valence-electron chi connectivity index (χ4n) is 1.99. The van der Waals surface area contributed by atoms with Gasteiger partial charge in [-0.1, -0.05) is 41.9 Å². The molecule has 4 nitrogen and oxygen atoms in total. The van der Waals surface area contributed by atoms with Crippen LogP contribution < -0.4 is 0 Å². The van der Waals surface area contributed by atoms with Crippen LogP contribution >= 0.6 is 27.5 Å². The van der Waals surface area contributed by atoms with Crippen molar-refractivity contribution < 1.29 is 0 Å². The van der Waals surface area contributed by atoms with Gasteiger partial charge in [0, 0.05) is 6.20 Å². The zero-order chi connectivity index (χ0) is 14.8. The Morgan fingerprint density at radius 1 is 1.19 bits per heavy atom. The van der Waals surface area contributed by atoms with Gasteiger partial charge in [0.2, 0.25) is 0 Å². The number of aryl methyl sites for hydroxylation is 1. The van der Waals surface area contributed by atoms with Crippen molar-refractivity contribution in [3.8, 4) is 11.4 Å². The van der Waals surface area contributed by atoms with E-state index in [1.807, 2.05) is 36.0 Å². The zero-order valence-electron chi connectivity index (χ0n) is 11.3. The molecule has 3 aromatic rings. The molecule has 0 saturated carbocycles. The summed E-state index contributed by atoms with van der Waals surface area (Å²) in [6.07, 6.45) is 3.67. The first-order valence-electron chi connectivity index (χ1n) is 6.40. The maximum absolute atomic E-state index is 6.08. The van der Waals surface area contributed by atoms with E-state index in [1.165, 1.54) is 5.56 Å². The first kappa shape index (κ1) is 14.2. The number of nitrogens with zero attached hydrogens (tertiary/aromatic N) is 4. The summed E-state index contributed by atoms with van der Waals surface area (Å²) in [4.78, 5) is 8.71. The van der Waals surface area contributed by atoms with Gasteiger partial charge in [-0.05, 0) is 28.4 Å². The van der Waals surface area contributed by atoms with Gasteiger partial charge in [-0.2, -0.15) is 5.10 Å². The summed E-state index contributed by atoms with van der Waals surface area (Å²) in [5.41, 5.74) is 2.85. The fourth-order valence-corrected chi connectivity index (χ4v) is 2.38. The minimum Gasteiger partial charge on any atom is -0.268 e. The molecule has 0 fully saturated rings. The van der Waals surface area contributed by atoms with Crippen molar-refractivity contribution in [1.29, 1.82) is 0 Å². The van der Waals surface area contributed by atoms with Crippen molar-refractivity contribution in [2.24, 2.45) is 0 Å². The number of aromatic nitrogens is 4. The Bertz CT molecular complexity index is 747. The lowest BCUT2D eigenvalue weighted by molar-refractivity contribution is 0.687. The third-order valence-corrected chi connectivity index (χ3v) is 4.51. The first-order valence-corrected chi connectivity index (χ1v) is 7.57. The molecule has 3 rings (SSSR count). The second-order valence-corrected chi connectivity index (χ2v) is 5.80. The van der Waals surface area contributed by atoms with Gasteiger partial charge in [0.15, 0.2) is 5.82 Å². The van der Waals surface area contributed by atoms with Crippen molar-refractivity contribution in [2.75, 3.05) is 0 Å². The van der Waals surface area contributed by atoms with Crippen molar-refractivity contribution in [3.05, 3.63) is 63.6 Å². The number of benzene rings is 1. The monoisotopic (exact) mass is 362 g/mol. The standard InChI is InChI=1S/C15H12BrClN4/c1-10-13(16)14(17)20-15(19-10)12-7-18-21(9-12)8-11-5-3-2-4-6-11/h2-7,9H,8H2,1H3. The van der Waals surface area contributed by atoms with E-state index in [9.17, 15) is 0 Å². The van der Waals surface area contributed by atoms with Crippen molar-refractivity contribution in [2.45, 2.75) is 13.5 Å². The van der Waals surface area contributed by atoms with Gasteiger partial charge in [0.25, 0.3) is 0 Å². The summed E-state index contributed by atoms with van der Waals surface area (Å²) in [6, 6.07) is 10.2. The lowest BCUT2D eigenvalue weighted by Crippen LogP contribution is -1.99. The molecule has 0 bridgehead atoms. The molecule has 0 aliphatic heterocycles. The topological polar surface area (TPSA) is 43.6 Å². The van der Waals surface area contributed by atoms with Crippen LogP contribution in [0.25, 0.3) is 11.4 Å². The highest BCUT2D eigenvalue weighted by atomic mass is 79.9. The lowest BCUT2D eigenvalue weighted by atomic mass is 10.2. The van der Waals surface area contributed by atoms with Gasteiger partial charge < -0.3 is 0 Å². The van der Waals surface area contributed by atoms with Gasteiger partial charge in [0.05, 0.1) is 28.5 Å². The summed E-state index contributed by atoms with van der Waals surface area (Å²) < 4.78 is 2.59. The molecular weight excluding hydrogens is 352 g/mol. The molecule has 0 amide bonds. The predicted molar refractivity (Wildman–Crippen MR) is 86.2 cm³/mol. The Balaban J connectivity index is 1.88. The second kappa shape index (κ2) is 5.95. The van der Waals surface area contributed by atoms with E-state index in [0.717, 1.165) is 15.7 Å². The minimum absolute atomic E-state index is 0.410. The molecule has 1 aromatic carbocycles. The molecule has 0 aliphatic rings. The van der Waals surface area contributed by atoms with Crippen LogP contribution in [0.4, 0.5) is 0 Å². The summed E-state index contributed by atoms with van der Waals surface area (Å²) >= 11 is 9.44. The highest BCUT2D eigenvalue weighted by molar-refractivity contribution is 9.10. The van der Waals surface area contributed by atoms with Crippen LogP contribution in [0.15, 0.2) is 47.2 Å². The molecule has 6 heteroatoms. The van der Waals surface area contributed by atoms with Crippen LogP contribution in [-0.4, -0.2) is 19.7 Å². The van der Waals surface area contributed by atoms with E-state index in [4.69, 9.17) is 11.6 Å². The molecular formula is C15H12BrClN4. The molecule has 0 spiro atoms. The first-order chi connectivity index (χ1) is 10.1. The molecule has 0 radical (unpaired) electrons. The molecule has 2 aromatic heterocycles. The Morgan fingerprint density at radius 2 is 1.95 bits per heavy atom. The molecule has 0 aliphatic carbocycles. The summed E-state index contributed by atoms with van der Waals surface area (Å²) in [6.45, 7) is 2.60. The highest BCUT2D eigenvalue weighted by Crippen LogP contribution is 2.26. The van der Waals surface area contributed by atoms with Crippen LogP contribution in [0.1, 0.15) is 11.3 Å². The molecule has 2 heterocycles. The second-order valence-electron chi connectivity index (χ2n) is 4.65. The zero-order valence-corrected chi connectivity index (χ0v) is 13.6. The van der Waals surface area contributed by atoms with Crippen LogP contribution in [0, 0.1) is 6.92 Å². The largest absolute Gasteiger partial charge is 0.268 e. The quantitative estimate of drug-likeness (QED) is 0.658. The number of hydrogen-bond acceptors (Lipinski definition) is 3. The minimum atomic E-state index is 0.410. The van der Waals surface area contributed by atoms with E-state index >= 15 is 0 Å². The van der Waals surface area contributed by atoms with E-state index in [2.05, 4.69) is 43.1 Å². The fraction of sp³-hybridized carbons (Fsp3) is 0.133. The van der Waals surface area contributed by atoms with Gasteiger partial charge in [0.1, 0.15) is 5.15 Å². The smallest absolute Gasteiger partial charge is 0.164 e. The van der Waals surface area contributed by atoms with Crippen LogP contribution in [0.3, 0.4) is 0 Å². The van der Waals surface area contributed by atoms with Gasteiger partial charge in [-0.15, -0.1) is 0 Å². The van der Waals surface area contributed by atoms with Crippen molar-refractivity contribution in [1.82, 2.24) is 19.7 Å². The SMILES string of the molecule is Cc1nc(-c2cnn(Cc3ccccc3)c2)nc(Cl)c1Br. The molecule has 0 N–H and O–H groups in total. The molecule has 106 valence electrons. The van der Waals surface area contributed by atoms with Gasteiger partial charge in [-0.25, -0.2) is 9.97 Å². The summed E-state index contributed by atoms with van der Waals surface area (Å²) in [7, 11) is 0. The summed E-state index contributed by atoms with van der Waals surface area (Å²) in [5, 5.41) is 4.76. The average Bonchev–Trinajstić information content (AvgIpc) is 2.94. The average molecular weight is 364 g/mol. The van der Waals surface area contributed by atoms with Crippen LogP contribution in [0.2, 0.25) is 5.15 Å². The maximum Gasteiger partial charge on any atom is 0.164 e. The molecule has 0 atom stereocenters. The summed E-state index contributed by atoms with van der Waals surface area (Å²) in [5.74, 6) is 0.583. The highest BCUT2D eigenvalue weighted by Gasteiger charge is 2.11. The maximum atomic E-state index is 6.08. The third-order valence-electron chi connectivity index (χ3n) is 3.06. The normalized spacial score (nSPS) is 10.8. The lowest BCUT2D eigenvalue weighted by Gasteiger charge is -2.03. The predicted octanol–water partition coefficient (Wildman–Crippen LogP) is 4.11. The van der Waals surface area contributed by atoms with Gasteiger partial charge >= 0.3 is 0 Å². The van der Waals surface area contributed by atoms with E-state index in [1.54, 1.807) is 6.20 Å². The third kappa shape index (κ3) is 3.14. The Kier molecular flexibility index (Phi) is 4.03. The van der Waals surface area contributed by atoms with E-state index < -0.39 is 0 Å². The van der Waals surface area contributed by atoms with E-state index in [0.29, 0.717) is 17.5 Å². The van der Waals surface area contributed by atoms with Crippen LogP contribution in [0.5, 0.6) is 0 Å². The Morgan fingerprint density at radius 3 is 2.67 bits per heavy atom. The Labute approximate surface area is 135 Å².